The van der Waals surface area contributed by atoms with Crippen LogP contribution in [0.25, 0.3) is 0 Å². The highest BCUT2D eigenvalue weighted by Crippen LogP contribution is 2.33. The third-order valence-corrected chi connectivity index (χ3v) is 5.59. The maximum Gasteiger partial charge on any atom is 0.435 e. The fraction of sp³-hybridized carbons (Fsp3) is 0.391. The molecule has 1 fully saturated rings. The first-order valence-corrected chi connectivity index (χ1v) is 11.1. The molecule has 0 saturated carbocycles. The molecule has 12 nitrogen and oxygen atoms in total. The Hall–Kier alpha value is -4.22. The van der Waals surface area contributed by atoms with Gasteiger partial charge in [0.2, 0.25) is 11.8 Å². The number of anilines is 2. The maximum absolute atomic E-state index is 13.2. The van der Waals surface area contributed by atoms with Crippen LogP contribution in [0, 0.1) is 0 Å². The van der Waals surface area contributed by atoms with Crippen molar-refractivity contribution in [3.05, 3.63) is 41.7 Å². The van der Waals surface area contributed by atoms with Crippen molar-refractivity contribution in [1.29, 1.82) is 0 Å². The van der Waals surface area contributed by atoms with Gasteiger partial charge < -0.3 is 15.0 Å². The lowest BCUT2D eigenvalue weighted by molar-refractivity contribution is -0.136. The quantitative estimate of drug-likeness (QED) is 0.636. The SMILES string of the molecule is CNC(=O)N(c1ccc2c(c1)C(=O)N(C1CCC(=O)NC1=O)C2)c1cnn(C(=O)OC(C)(C)C)c1. The van der Waals surface area contributed by atoms with Gasteiger partial charge in [-0.2, -0.15) is 9.78 Å². The molecule has 0 radical (unpaired) electrons. The van der Waals surface area contributed by atoms with E-state index in [1.807, 2.05) is 0 Å². The zero-order valence-electron chi connectivity index (χ0n) is 19.8. The van der Waals surface area contributed by atoms with Gasteiger partial charge in [0.05, 0.1) is 23.8 Å². The molecule has 1 unspecified atom stereocenters. The number of benzene rings is 1. The minimum atomic E-state index is -0.738. The van der Waals surface area contributed by atoms with Crippen LogP contribution in [0.5, 0.6) is 0 Å². The Labute approximate surface area is 201 Å². The predicted octanol–water partition coefficient (Wildman–Crippen LogP) is 1.90. The zero-order valence-corrected chi connectivity index (χ0v) is 19.8. The number of carbonyl (C=O) groups is 5. The van der Waals surface area contributed by atoms with Crippen molar-refractivity contribution in [3.63, 3.8) is 0 Å². The third kappa shape index (κ3) is 4.72. The summed E-state index contributed by atoms with van der Waals surface area (Å²) in [5.74, 6) is -1.22. The summed E-state index contributed by atoms with van der Waals surface area (Å²) in [5, 5.41) is 8.83. The normalized spacial score (nSPS) is 17.7. The van der Waals surface area contributed by atoms with Gasteiger partial charge in [-0.25, -0.2) is 9.59 Å². The molecule has 184 valence electrons. The smallest absolute Gasteiger partial charge is 0.435 e. The Morgan fingerprint density at radius 1 is 1.20 bits per heavy atom. The van der Waals surface area contributed by atoms with E-state index < -0.39 is 29.7 Å². The van der Waals surface area contributed by atoms with Gasteiger partial charge in [-0.05, 0) is 44.9 Å². The number of nitrogens with zero attached hydrogens (tertiary/aromatic N) is 4. The van der Waals surface area contributed by atoms with Crippen molar-refractivity contribution in [3.8, 4) is 0 Å². The molecule has 35 heavy (non-hydrogen) atoms. The summed E-state index contributed by atoms with van der Waals surface area (Å²) in [6.07, 6.45) is 2.40. The minimum Gasteiger partial charge on any atom is -0.442 e. The summed E-state index contributed by atoms with van der Waals surface area (Å²) >= 11 is 0. The van der Waals surface area contributed by atoms with Crippen LogP contribution in [-0.4, -0.2) is 63.2 Å². The second-order valence-corrected chi connectivity index (χ2v) is 9.26. The molecule has 1 saturated heterocycles. The van der Waals surface area contributed by atoms with E-state index in [-0.39, 0.29) is 36.9 Å². The van der Waals surface area contributed by atoms with E-state index >= 15 is 0 Å². The van der Waals surface area contributed by atoms with Crippen molar-refractivity contribution in [2.75, 3.05) is 11.9 Å². The fourth-order valence-electron chi connectivity index (χ4n) is 4.01. The molecular weight excluding hydrogens is 456 g/mol. The topological polar surface area (TPSA) is 143 Å². The summed E-state index contributed by atoms with van der Waals surface area (Å²) in [5.41, 5.74) is 0.969. The summed E-state index contributed by atoms with van der Waals surface area (Å²) in [4.78, 5) is 64.8. The Balaban J connectivity index is 1.62. The molecule has 2 aliphatic heterocycles. The van der Waals surface area contributed by atoms with Gasteiger partial charge in [0.15, 0.2) is 0 Å². The number of nitrogens with one attached hydrogen (secondary N) is 2. The molecule has 0 aliphatic carbocycles. The Morgan fingerprint density at radius 3 is 2.60 bits per heavy atom. The van der Waals surface area contributed by atoms with Gasteiger partial charge in [-0.3, -0.25) is 24.6 Å². The van der Waals surface area contributed by atoms with E-state index in [1.165, 1.54) is 29.2 Å². The van der Waals surface area contributed by atoms with Gasteiger partial charge in [0, 0.05) is 25.6 Å². The molecule has 0 bridgehead atoms. The summed E-state index contributed by atoms with van der Waals surface area (Å²) in [6, 6.07) is 3.69. The molecule has 4 rings (SSSR count). The first-order chi connectivity index (χ1) is 16.5. The van der Waals surface area contributed by atoms with Crippen molar-refractivity contribution in [1.82, 2.24) is 25.3 Å². The average Bonchev–Trinajstić information content (AvgIpc) is 3.38. The lowest BCUT2D eigenvalue weighted by Crippen LogP contribution is -2.52. The van der Waals surface area contributed by atoms with Gasteiger partial charge >= 0.3 is 12.1 Å². The first kappa shape index (κ1) is 23.9. The summed E-state index contributed by atoms with van der Waals surface area (Å²) in [7, 11) is 1.46. The predicted molar refractivity (Wildman–Crippen MR) is 123 cm³/mol. The van der Waals surface area contributed by atoms with Gasteiger partial charge in [0.25, 0.3) is 5.91 Å². The number of ether oxygens (including phenoxy) is 1. The number of hydrogen-bond acceptors (Lipinski definition) is 7. The Kier molecular flexibility index (Phi) is 6.05. The number of imide groups is 1. The van der Waals surface area contributed by atoms with Crippen molar-refractivity contribution < 1.29 is 28.7 Å². The van der Waals surface area contributed by atoms with Crippen LogP contribution < -0.4 is 15.5 Å². The molecule has 0 spiro atoms. The Morgan fingerprint density at radius 2 is 1.94 bits per heavy atom. The van der Waals surface area contributed by atoms with E-state index in [0.717, 1.165) is 4.68 Å². The highest BCUT2D eigenvalue weighted by atomic mass is 16.6. The molecule has 12 heteroatoms. The summed E-state index contributed by atoms with van der Waals surface area (Å²) in [6.45, 7) is 5.40. The largest absolute Gasteiger partial charge is 0.442 e. The second-order valence-electron chi connectivity index (χ2n) is 9.26. The highest BCUT2D eigenvalue weighted by Gasteiger charge is 2.39. The average molecular weight is 482 g/mol. The highest BCUT2D eigenvalue weighted by molar-refractivity contribution is 6.07. The number of amides is 5. The van der Waals surface area contributed by atoms with Crippen LogP contribution in [-0.2, 0) is 20.9 Å². The zero-order chi connectivity index (χ0) is 25.5. The molecule has 1 aromatic carbocycles. The van der Waals surface area contributed by atoms with Crippen LogP contribution in [0.1, 0.15) is 49.5 Å². The van der Waals surface area contributed by atoms with Crippen molar-refractivity contribution in [2.45, 2.75) is 51.8 Å². The number of carbonyl (C=O) groups excluding carboxylic acids is 5. The Bertz CT molecular complexity index is 1230. The van der Waals surface area contributed by atoms with E-state index in [4.69, 9.17) is 4.74 Å². The number of urea groups is 1. The van der Waals surface area contributed by atoms with Crippen molar-refractivity contribution in [2.24, 2.45) is 0 Å². The van der Waals surface area contributed by atoms with E-state index in [9.17, 15) is 24.0 Å². The van der Waals surface area contributed by atoms with Crippen LogP contribution in [0.2, 0.25) is 0 Å². The molecule has 2 N–H and O–H groups in total. The molecule has 2 aliphatic rings. The first-order valence-electron chi connectivity index (χ1n) is 11.1. The standard InChI is InChI=1S/C23H26N6O6/c1-23(2,3)35-22(34)28-12-15(10-25-28)29(21(33)24-4)14-6-5-13-11-27(20(32)16(13)9-14)17-7-8-18(30)26-19(17)31/h5-6,9-10,12,17H,7-8,11H2,1-4H3,(H,24,33)(H,26,30,31). The van der Waals surface area contributed by atoms with Gasteiger partial charge in [-0.1, -0.05) is 6.07 Å². The molecule has 1 atom stereocenters. The molecule has 2 aromatic rings. The molecule has 1 aromatic heterocycles. The van der Waals surface area contributed by atoms with Crippen LogP contribution in [0.15, 0.2) is 30.6 Å². The van der Waals surface area contributed by atoms with E-state index in [0.29, 0.717) is 16.8 Å². The second kappa shape index (κ2) is 8.85. The van der Waals surface area contributed by atoms with Crippen molar-refractivity contribution >= 4 is 41.2 Å². The third-order valence-electron chi connectivity index (χ3n) is 5.59. The van der Waals surface area contributed by atoms with Crippen LogP contribution in [0.3, 0.4) is 0 Å². The van der Waals surface area contributed by atoms with E-state index in [2.05, 4.69) is 15.7 Å². The lowest BCUT2D eigenvalue weighted by atomic mass is 10.0. The number of aromatic nitrogens is 2. The fourth-order valence-corrected chi connectivity index (χ4v) is 4.01. The number of piperidine rings is 1. The maximum atomic E-state index is 13.2. The minimum absolute atomic E-state index is 0.161. The summed E-state index contributed by atoms with van der Waals surface area (Å²) < 4.78 is 6.29. The lowest BCUT2D eigenvalue weighted by Gasteiger charge is -2.29. The van der Waals surface area contributed by atoms with Crippen LogP contribution in [0.4, 0.5) is 21.0 Å². The van der Waals surface area contributed by atoms with Gasteiger partial charge in [0.1, 0.15) is 11.6 Å². The molecule has 5 amide bonds. The number of rotatable bonds is 3. The number of fused-ring (bicyclic) bond motifs is 1. The molecule has 3 heterocycles. The molecular formula is C23H26N6O6. The van der Waals surface area contributed by atoms with E-state index in [1.54, 1.807) is 39.0 Å². The number of hydrogen-bond donors (Lipinski definition) is 2. The van der Waals surface area contributed by atoms with Crippen LogP contribution >= 0.6 is 0 Å². The monoisotopic (exact) mass is 482 g/mol. The van der Waals surface area contributed by atoms with Gasteiger partial charge in [-0.15, -0.1) is 0 Å².